The van der Waals surface area contributed by atoms with Gasteiger partial charge in [-0.2, -0.15) is 8.78 Å². The molecule has 1 N–H and O–H groups in total. The molecule has 0 unspecified atom stereocenters. The number of carbonyl (C=O) groups excluding carboxylic acids is 1. The number of rotatable bonds is 6. The normalized spacial score (nSPS) is 10.7. The predicted octanol–water partition coefficient (Wildman–Crippen LogP) is 4.38. The number of amides is 1. The molecule has 0 aliphatic rings. The molecular weight excluding hydrogens is 322 g/mol. The van der Waals surface area contributed by atoms with Crippen molar-refractivity contribution < 1.29 is 18.4 Å². The predicted molar refractivity (Wildman–Crippen MR) is 87.1 cm³/mol. The van der Waals surface area contributed by atoms with Crippen LogP contribution in [0.15, 0.2) is 53.4 Å². The summed E-state index contributed by atoms with van der Waals surface area (Å²) in [7, 11) is 2.93. The summed E-state index contributed by atoms with van der Waals surface area (Å²) >= 11 is 0.490. The first-order valence-corrected chi connectivity index (χ1v) is 7.62. The lowest BCUT2D eigenvalue weighted by atomic mass is 10.1. The van der Waals surface area contributed by atoms with Crippen molar-refractivity contribution in [2.45, 2.75) is 10.7 Å². The number of hydroxylamine groups is 2. The maximum atomic E-state index is 12.3. The summed E-state index contributed by atoms with van der Waals surface area (Å²) in [5.41, 5.74) is 1.75. The van der Waals surface area contributed by atoms with Crippen LogP contribution in [-0.4, -0.2) is 30.9 Å². The van der Waals surface area contributed by atoms with E-state index in [2.05, 4.69) is 5.32 Å². The van der Waals surface area contributed by atoms with Crippen molar-refractivity contribution >= 4 is 29.0 Å². The fraction of sp³-hybridized carbons (Fsp3) is 0.188. The molecule has 0 saturated carbocycles. The van der Waals surface area contributed by atoms with E-state index in [0.717, 1.165) is 5.06 Å². The number of hydrogen-bond donors (Lipinski definition) is 1. The van der Waals surface area contributed by atoms with Gasteiger partial charge in [0.1, 0.15) is 0 Å². The second-order valence-electron chi connectivity index (χ2n) is 4.56. The molecular formula is C16H16F2N2O2S. The SMILES string of the molecule is CON(C)C(=O)c1ccccc1Nc1ccc(SC(F)F)cc1. The zero-order chi connectivity index (χ0) is 16.8. The van der Waals surface area contributed by atoms with Gasteiger partial charge in [0, 0.05) is 17.6 Å². The number of halogens is 2. The Morgan fingerprint density at radius 2 is 1.83 bits per heavy atom. The number of nitrogens with one attached hydrogen (secondary N) is 1. The summed E-state index contributed by atoms with van der Waals surface area (Å²) in [6.07, 6.45) is 0. The molecule has 23 heavy (non-hydrogen) atoms. The van der Waals surface area contributed by atoms with Crippen molar-refractivity contribution in [3.8, 4) is 0 Å². The van der Waals surface area contributed by atoms with Gasteiger partial charge < -0.3 is 5.32 Å². The van der Waals surface area contributed by atoms with Crippen LogP contribution in [0.25, 0.3) is 0 Å². The zero-order valence-corrected chi connectivity index (χ0v) is 13.4. The van der Waals surface area contributed by atoms with Gasteiger partial charge >= 0.3 is 0 Å². The number of hydrogen-bond acceptors (Lipinski definition) is 4. The molecule has 7 heteroatoms. The van der Waals surface area contributed by atoms with Gasteiger partial charge in [-0.15, -0.1) is 0 Å². The van der Waals surface area contributed by atoms with Gasteiger partial charge in [0.25, 0.3) is 11.7 Å². The highest BCUT2D eigenvalue weighted by Crippen LogP contribution is 2.28. The Morgan fingerprint density at radius 1 is 1.17 bits per heavy atom. The molecule has 2 aromatic rings. The van der Waals surface area contributed by atoms with Crippen LogP contribution in [-0.2, 0) is 4.84 Å². The third-order valence-electron chi connectivity index (χ3n) is 3.08. The van der Waals surface area contributed by atoms with Crippen molar-refractivity contribution in [2.75, 3.05) is 19.5 Å². The topological polar surface area (TPSA) is 41.6 Å². The molecule has 0 aliphatic heterocycles. The van der Waals surface area contributed by atoms with Crippen LogP contribution in [0.2, 0.25) is 0 Å². The lowest BCUT2D eigenvalue weighted by Crippen LogP contribution is -2.26. The van der Waals surface area contributed by atoms with Crippen molar-refractivity contribution in [3.63, 3.8) is 0 Å². The Hall–Kier alpha value is -2.12. The number of nitrogens with zero attached hydrogens (tertiary/aromatic N) is 1. The maximum Gasteiger partial charge on any atom is 0.288 e. The first kappa shape index (κ1) is 17.2. The minimum absolute atomic E-state index is 0.291. The van der Waals surface area contributed by atoms with Crippen LogP contribution in [0.1, 0.15) is 10.4 Å². The summed E-state index contributed by atoms with van der Waals surface area (Å²) in [5.74, 6) is -2.74. The Balaban J connectivity index is 2.18. The Kier molecular flexibility index (Phi) is 5.95. The summed E-state index contributed by atoms with van der Waals surface area (Å²) in [6.45, 7) is 0. The second-order valence-corrected chi connectivity index (χ2v) is 5.62. The monoisotopic (exact) mass is 338 g/mol. The molecule has 2 rings (SSSR count). The standard InChI is InChI=1S/C16H16F2N2O2S/c1-20(22-2)15(21)13-5-3-4-6-14(13)19-11-7-9-12(10-8-11)23-16(17)18/h3-10,16,19H,1-2H3. The highest BCUT2D eigenvalue weighted by Gasteiger charge is 2.15. The van der Waals surface area contributed by atoms with Gasteiger partial charge in [-0.25, -0.2) is 5.06 Å². The minimum Gasteiger partial charge on any atom is -0.355 e. The molecule has 0 saturated heterocycles. The first-order valence-electron chi connectivity index (χ1n) is 6.74. The van der Waals surface area contributed by atoms with Crippen LogP contribution in [0.4, 0.5) is 20.2 Å². The highest BCUT2D eigenvalue weighted by molar-refractivity contribution is 7.99. The number of para-hydroxylation sites is 1. The number of carbonyl (C=O) groups is 1. The van der Waals surface area contributed by atoms with E-state index in [1.54, 1.807) is 48.5 Å². The van der Waals surface area contributed by atoms with Gasteiger partial charge in [0.15, 0.2) is 0 Å². The highest BCUT2D eigenvalue weighted by atomic mass is 32.2. The van der Waals surface area contributed by atoms with E-state index in [0.29, 0.717) is 33.6 Å². The molecule has 122 valence electrons. The fourth-order valence-corrected chi connectivity index (χ4v) is 2.41. The minimum atomic E-state index is -2.45. The Bertz CT molecular complexity index is 665. The molecule has 2 aromatic carbocycles. The Labute approximate surface area is 137 Å². The van der Waals surface area contributed by atoms with E-state index in [4.69, 9.17) is 4.84 Å². The molecule has 1 amide bonds. The van der Waals surface area contributed by atoms with E-state index in [-0.39, 0.29) is 5.91 Å². The molecule has 0 heterocycles. The van der Waals surface area contributed by atoms with Gasteiger partial charge in [0.05, 0.1) is 18.4 Å². The first-order chi connectivity index (χ1) is 11.0. The number of anilines is 2. The molecule has 0 fully saturated rings. The smallest absolute Gasteiger partial charge is 0.288 e. The van der Waals surface area contributed by atoms with Gasteiger partial charge in [0.2, 0.25) is 0 Å². The summed E-state index contributed by atoms with van der Waals surface area (Å²) in [5, 5.41) is 4.24. The number of benzene rings is 2. The van der Waals surface area contributed by atoms with Crippen LogP contribution < -0.4 is 5.32 Å². The molecule has 0 atom stereocenters. The Morgan fingerprint density at radius 3 is 2.43 bits per heavy atom. The maximum absolute atomic E-state index is 12.3. The van der Waals surface area contributed by atoms with Crippen LogP contribution in [0.3, 0.4) is 0 Å². The van der Waals surface area contributed by atoms with Crippen molar-refractivity contribution in [2.24, 2.45) is 0 Å². The van der Waals surface area contributed by atoms with Crippen molar-refractivity contribution in [3.05, 3.63) is 54.1 Å². The van der Waals surface area contributed by atoms with Gasteiger partial charge in [-0.05, 0) is 36.4 Å². The van der Waals surface area contributed by atoms with Crippen molar-refractivity contribution in [1.29, 1.82) is 0 Å². The second kappa shape index (κ2) is 7.94. The summed E-state index contributed by atoms with van der Waals surface area (Å²) < 4.78 is 24.6. The van der Waals surface area contributed by atoms with E-state index in [1.165, 1.54) is 14.2 Å². The molecule has 4 nitrogen and oxygen atoms in total. The molecule has 0 bridgehead atoms. The molecule has 0 aromatic heterocycles. The zero-order valence-electron chi connectivity index (χ0n) is 12.6. The van der Waals surface area contributed by atoms with E-state index >= 15 is 0 Å². The molecule has 0 radical (unpaired) electrons. The quantitative estimate of drug-likeness (QED) is 0.627. The summed E-state index contributed by atoms with van der Waals surface area (Å²) in [6, 6.07) is 13.6. The number of thioether (sulfide) groups is 1. The van der Waals surface area contributed by atoms with Crippen LogP contribution in [0, 0.1) is 0 Å². The molecule has 0 spiro atoms. The lowest BCUT2D eigenvalue weighted by Gasteiger charge is -2.17. The number of alkyl halides is 2. The van der Waals surface area contributed by atoms with Crippen LogP contribution >= 0.6 is 11.8 Å². The lowest BCUT2D eigenvalue weighted by molar-refractivity contribution is -0.0756. The van der Waals surface area contributed by atoms with E-state index in [9.17, 15) is 13.6 Å². The van der Waals surface area contributed by atoms with E-state index in [1.807, 2.05) is 0 Å². The average Bonchev–Trinajstić information content (AvgIpc) is 2.55. The van der Waals surface area contributed by atoms with Crippen LogP contribution in [0.5, 0.6) is 0 Å². The third kappa shape index (κ3) is 4.67. The van der Waals surface area contributed by atoms with Crippen molar-refractivity contribution in [1.82, 2.24) is 5.06 Å². The largest absolute Gasteiger partial charge is 0.355 e. The van der Waals surface area contributed by atoms with Gasteiger partial charge in [-0.3, -0.25) is 9.63 Å². The average molecular weight is 338 g/mol. The fourth-order valence-electron chi connectivity index (χ4n) is 1.91. The van der Waals surface area contributed by atoms with E-state index < -0.39 is 5.76 Å². The third-order valence-corrected chi connectivity index (χ3v) is 3.80. The molecule has 0 aliphatic carbocycles. The summed E-state index contributed by atoms with van der Waals surface area (Å²) in [4.78, 5) is 17.6. The van der Waals surface area contributed by atoms with Gasteiger partial charge in [-0.1, -0.05) is 23.9 Å².